The zero-order valence-electron chi connectivity index (χ0n) is 34.2. The van der Waals surface area contributed by atoms with Crippen molar-refractivity contribution in [1.82, 2.24) is 0 Å². The summed E-state index contributed by atoms with van der Waals surface area (Å²) in [6, 6.07) is 59.3. The Balaban J connectivity index is 0.00000197. The zero-order valence-corrected chi connectivity index (χ0v) is 34.2. The SMILES string of the molecule is C(=Cc1ccc(N(c2ccccc2)c2ccccc2)cc1)c1ccc(N(c2ccccc2)c2ccccc2)cc1.CC.CC.CC.CC.CC.CC. The summed E-state index contributed by atoms with van der Waals surface area (Å²) in [7, 11) is 0. The highest BCUT2D eigenvalue weighted by atomic mass is 15.1. The molecule has 0 aliphatic carbocycles. The fourth-order valence-electron chi connectivity index (χ4n) is 4.86. The molecule has 0 atom stereocenters. The molecule has 0 saturated carbocycles. The van der Waals surface area contributed by atoms with Crippen LogP contribution in [0.4, 0.5) is 34.1 Å². The molecule has 0 radical (unpaired) electrons. The molecular weight excluding hydrogens is 629 g/mol. The molecule has 2 nitrogen and oxygen atoms in total. The lowest BCUT2D eigenvalue weighted by Gasteiger charge is -2.25. The number of hydrogen-bond donors (Lipinski definition) is 0. The minimum Gasteiger partial charge on any atom is -0.311 e. The van der Waals surface area contributed by atoms with Gasteiger partial charge in [0.25, 0.3) is 0 Å². The van der Waals surface area contributed by atoms with Gasteiger partial charge in [-0.15, -0.1) is 0 Å². The molecule has 0 aromatic heterocycles. The minimum absolute atomic E-state index is 1.13. The Labute approximate surface area is 319 Å². The van der Waals surface area contributed by atoms with Crippen LogP contribution in [0.15, 0.2) is 170 Å². The second-order valence-corrected chi connectivity index (χ2v) is 9.53. The van der Waals surface area contributed by atoms with Gasteiger partial charge in [0.05, 0.1) is 0 Å². The van der Waals surface area contributed by atoms with E-state index in [2.05, 4.69) is 168 Å². The van der Waals surface area contributed by atoms with Crippen LogP contribution in [-0.2, 0) is 0 Å². The van der Waals surface area contributed by atoms with Gasteiger partial charge < -0.3 is 9.80 Å². The van der Waals surface area contributed by atoms with Gasteiger partial charge in [0, 0.05) is 34.1 Å². The van der Waals surface area contributed by atoms with E-state index in [4.69, 9.17) is 0 Å². The van der Waals surface area contributed by atoms with E-state index >= 15 is 0 Å². The average Bonchev–Trinajstić information content (AvgIpc) is 3.27. The molecular formula is C50H66N2. The zero-order chi connectivity index (χ0) is 39.0. The van der Waals surface area contributed by atoms with Crippen LogP contribution in [0.5, 0.6) is 0 Å². The monoisotopic (exact) mass is 695 g/mol. The molecule has 0 N–H and O–H groups in total. The molecule has 2 heteroatoms. The third-order valence-electron chi connectivity index (χ3n) is 6.83. The predicted molar refractivity (Wildman–Crippen MR) is 239 cm³/mol. The third kappa shape index (κ3) is 14.9. The van der Waals surface area contributed by atoms with E-state index in [0.717, 1.165) is 45.3 Å². The highest BCUT2D eigenvalue weighted by Crippen LogP contribution is 2.35. The Kier molecular flexibility index (Phi) is 27.4. The summed E-state index contributed by atoms with van der Waals surface area (Å²) in [5, 5.41) is 0. The van der Waals surface area contributed by atoms with Gasteiger partial charge >= 0.3 is 0 Å². The predicted octanol–water partition coefficient (Wildman–Crippen LogP) is 17.0. The summed E-state index contributed by atoms with van der Waals surface area (Å²) < 4.78 is 0. The van der Waals surface area contributed by atoms with Crippen molar-refractivity contribution in [2.24, 2.45) is 0 Å². The number of nitrogens with zero attached hydrogens (tertiary/aromatic N) is 2. The number of benzene rings is 6. The number of para-hydroxylation sites is 4. The molecule has 6 rings (SSSR count). The van der Waals surface area contributed by atoms with E-state index in [9.17, 15) is 0 Å². The topological polar surface area (TPSA) is 6.48 Å². The van der Waals surface area contributed by atoms with E-state index in [0.29, 0.717) is 0 Å². The summed E-state index contributed by atoms with van der Waals surface area (Å²) in [4.78, 5) is 4.55. The molecule has 52 heavy (non-hydrogen) atoms. The first-order valence-electron chi connectivity index (χ1n) is 19.5. The van der Waals surface area contributed by atoms with Gasteiger partial charge in [0.2, 0.25) is 0 Å². The molecule has 0 fully saturated rings. The molecule has 0 amide bonds. The van der Waals surface area contributed by atoms with Crippen LogP contribution in [0.2, 0.25) is 0 Å². The van der Waals surface area contributed by atoms with Crippen molar-refractivity contribution < 1.29 is 0 Å². The van der Waals surface area contributed by atoms with Gasteiger partial charge in [-0.1, -0.05) is 192 Å². The van der Waals surface area contributed by atoms with Crippen molar-refractivity contribution in [3.8, 4) is 0 Å². The van der Waals surface area contributed by atoms with Crippen LogP contribution in [0, 0.1) is 0 Å². The van der Waals surface area contributed by atoms with Crippen LogP contribution in [-0.4, -0.2) is 0 Å². The lowest BCUT2D eigenvalue weighted by molar-refractivity contribution is 1.28. The summed E-state index contributed by atoms with van der Waals surface area (Å²) in [6.07, 6.45) is 4.33. The maximum atomic E-state index is 2.28. The second-order valence-electron chi connectivity index (χ2n) is 9.53. The summed E-state index contributed by atoms with van der Waals surface area (Å²) in [6.45, 7) is 24.0. The highest BCUT2D eigenvalue weighted by Gasteiger charge is 2.12. The molecule has 0 saturated heterocycles. The van der Waals surface area contributed by atoms with Gasteiger partial charge in [0.15, 0.2) is 0 Å². The van der Waals surface area contributed by atoms with Crippen molar-refractivity contribution >= 4 is 46.3 Å². The van der Waals surface area contributed by atoms with E-state index < -0.39 is 0 Å². The maximum absolute atomic E-state index is 2.28. The van der Waals surface area contributed by atoms with Crippen LogP contribution in [0.3, 0.4) is 0 Å². The van der Waals surface area contributed by atoms with Gasteiger partial charge in [-0.2, -0.15) is 0 Å². The first-order valence-corrected chi connectivity index (χ1v) is 19.5. The highest BCUT2D eigenvalue weighted by molar-refractivity contribution is 5.80. The summed E-state index contributed by atoms with van der Waals surface area (Å²) >= 11 is 0. The van der Waals surface area contributed by atoms with Crippen LogP contribution >= 0.6 is 0 Å². The quantitative estimate of drug-likeness (QED) is 0.146. The first kappa shape index (κ1) is 46.7. The Morgan fingerprint density at radius 1 is 0.231 bits per heavy atom. The van der Waals surface area contributed by atoms with E-state index in [1.807, 2.05) is 107 Å². The van der Waals surface area contributed by atoms with Crippen molar-refractivity contribution in [2.45, 2.75) is 83.1 Å². The smallest absolute Gasteiger partial charge is 0.0462 e. The van der Waals surface area contributed by atoms with Crippen molar-refractivity contribution in [3.63, 3.8) is 0 Å². The third-order valence-corrected chi connectivity index (χ3v) is 6.83. The van der Waals surface area contributed by atoms with Gasteiger partial charge in [0.1, 0.15) is 0 Å². The van der Waals surface area contributed by atoms with Gasteiger partial charge in [-0.05, 0) is 83.9 Å². The molecule has 0 aliphatic rings. The Bertz CT molecular complexity index is 1440. The van der Waals surface area contributed by atoms with Crippen LogP contribution in [0.25, 0.3) is 12.2 Å². The minimum atomic E-state index is 1.13. The normalized spacial score (nSPS) is 9.08. The summed E-state index contributed by atoms with van der Waals surface area (Å²) in [5.74, 6) is 0. The molecule has 0 spiro atoms. The van der Waals surface area contributed by atoms with Crippen molar-refractivity contribution in [3.05, 3.63) is 181 Å². The molecule has 6 aromatic carbocycles. The fraction of sp³-hybridized carbons (Fsp3) is 0.240. The molecule has 6 aromatic rings. The Morgan fingerprint density at radius 2 is 0.404 bits per heavy atom. The van der Waals surface area contributed by atoms with E-state index in [-0.39, 0.29) is 0 Å². The first-order chi connectivity index (χ1) is 25.8. The number of anilines is 6. The standard InChI is InChI=1S/C38H30N2.6C2H6/c1-5-13-33(14-6-1)39(34-15-7-2-8-16-34)37-27-23-31(24-28-37)21-22-32-25-29-38(30-26-32)40(35-17-9-3-10-18-35)36-19-11-4-12-20-36;6*1-2/h1-30H;6*1-2H3. The Morgan fingerprint density at radius 3 is 0.596 bits per heavy atom. The van der Waals surface area contributed by atoms with Gasteiger partial charge in [-0.25, -0.2) is 0 Å². The molecule has 276 valence electrons. The number of rotatable bonds is 8. The van der Waals surface area contributed by atoms with E-state index in [1.54, 1.807) is 0 Å². The summed E-state index contributed by atoms with van der Waals surface area (Å²) in [5.41, 5.74) is 9.11. The second kappa shape index (κ2) is 30.5. The number of hydrogen-bond acceptors (Lipinski definition) is 2. The van der Waals surface area contributed by atoms with Crippen molar-refractivity contribution in [2.75, 3.05) is 9.80 Å². The average molecular weight is 695 g/mol. The Hall–Kier alpha value is -5.34. The van der Waals surface area contributed by atoms with E-state index in [1.165, 1.54) is 0 Å². The van der Waals surface area contributed by atoms with Gasteiger partial charge in [-0.3, -0.25) is 0 Å². The molecule has 0 heterocycles. The molecule has 0 aliphatic heterocycles. The fourth-order valence-corrected chi connectivity index (χ4v) is 4.86. The molecule has 0 bridgehead atoms. The lowest BCUT2D eigenvalue weighted by atomic mass is 10.1. The van der Waals surface area contributed by atoms with Crippen molar-refractivity contribution in [1.29, 1.82) is 0 Å². The van der Waals surface area contributed by atoms with Crippen LogP contribution < -0.4 is 9.80 Å². The maximum Gasteiger partial charge on any atom is 0.0462 e. The lowest BCUT2D eigenvalue weighted by Crippen LogP contribution is -2.09. The molecule has 0 unspecified atom stereocenters. The largest absolute Gasteiger partial charge is 0.311 e. The van der Waals surface area contributed by atoms with Crippen LogP contribution in [0.1, 0.15) is 94.2 Å².